The van der Waals surface area contributed by atoms with Crippen LogP contribution in [-0.4, -0.2) is 29.3 Å². The molecule has 0 aromatic carbocycles. The fourth-order valence-corrected chi connectivity index (χ4v) is 4.73. The van der Waals surface area contributed by atoms with Crippen LogP contribution >= 0.6 is 0 Å². The van der Waals surface area contributed by atoms with Crippen molar-refractivity contribution in [1.29, 1.82) is 0 Å². The summed E-state index contributed by atoms with van der Waals surface area (Å²) in [6, 6.07) is 0. The lowest BCUT2D eigenvalue weighted by atomic mass is 9.53. The van der Waals surface area contributed by atoms with Crippen molar-refractivity contribution < 1.29 is 24.2 Å². The van der Waals surface area contributed by atoms with E-state index in [1.54, 1.807) is 19.9 Å². The molecule has 3 rings (SSSR count). The van der Waals surface area contributed by atoms with Crippen LogP contribution in [0.1, 0.15) is 53.9 Å². The van der Waals surface area contributed by atoms with Crippen molar-refractivity contribution in [1.82, 2.24) is 0 Å². The van der Waals surface area contributed by atoms with Crippen LogP contribution < -0.4 is 0 Å². The molecule has 0 unspecified atom stereocenters. The predicted octanol–water partition coefficient (Wildman–Crippen LogP) is 3.13. The molecule has 0 aromatic rings. The van der Waals surface area contributed by atoms with E-state index in [0.29, 0.717) is 17.8 Å². The number of fused-ring (bicyclic) bond motifs is 1. The van der Waals surface area contributed by atoms with Crippen LogP contribution in [0.4, 0.5) is 0 Å². The topological polar surface area (TPSA) is 72.8 Å². The van der Waals surface area contributed by atoms with Crippen molar-refractivity contribution in [2.45, 2.75) is 66.1 Å². The van der Waals surface area contributed by atoms with Crippen LogP contribution in [0, 0.1) is 23.2 Å². The smallest absolute Gasteiger partial charge is 0.333 e. The van der Waals surface area contributed by atoms with Crippen LogP contribution in [0.5, 0.6) is 0 Å². The Bertz CT molecular complexity index is 661. The molecule has 0 saturated heterocycles. The number of allylic oxidation sites excluding steroid dienone is 2. The molecule has 5 nitrogen and oxygen atoms in total. The van der Waals surface area contributed by atoms with E-state index in [1.165, 1.54) is 0 Å². The second kappa shape index (κ2) is 6.27. The first-order valence-electron chi connectivity index (χ1n) is 9.18. The molecule has 0 bridgehead atoms. The summed E-state index contributed by atoms with van der Waals surface area (Å²) in [6.45, 7) is 9.54. The van der Waals surface area contributed by atoms with Crippen molar-refractivity contribution in [2.75, 3.05) is 0 Å². The average Bonchev–Trinajstić information content (AvgIpc) is 2.86. The van der Waals surface area contributed by atoms with E-state index in [2.05, 4.69) is 13.8 Å². The largest absolute Gasteiger partial charge is 0.459 e. The molecule has 0 spiro atoms. The van der Waals surface area contributed by atoms with Gasteiger partial charge < -0.3 is 14.6 Å². The number of aliphatic hydroxyl groups is 1. The molecule has 2 aliphatic carbocycles. The summed E-state index contributed by atoms with van der Waals surface area (Å²) < 4.78 is 11.2. The van der Waals surface area contributed by atoms with E-state index in [4.69, 9.17) is 9.47 Å². The third-order valence-corrected chi connectivity index (χ3v) is 6.86. The lowest BCUT2D eigenvalue weighted by Gasteiger charge is -2.54. The van der Waals surface area contributed by atoms with Gasteiger partial charge in [-0.3, -0.25) is 4.79 Å². The number of carbonyl (C=O) groups is 2. The standard InChI is InChI=1S/C20H28O5/c1-6-10(2)18(22)24-14-8-7-11(3)20(5)13(14)9-15-16(17(20)21)12(4)19(23)25-15/h6,11-14,17,21H,7-9H2,1-5H3/b10-6-/t11-,12+,13-,14+,17+,20+/m0/s1. The van der Waals surface area contributed by atoms with E-state index in [0.717, 1.165) is 18.4 Å². The Morgan fingerprint density at radius 3 is 2.68 bits per heavy atom. The maximum atomic E-state index is 12.3. The van der Waals surface area contributed by atoms with Crippen molar-refractivity contribution in [3.63, 3.8) is 0 Å². The average molecular weight is 348 g/mol. The molecule has 138 valence electrons. The zero-order valence-corrected chi connectivity index (χ0v) is 15.7. The van der Waals surface area contributed by atoms with Gasteiger partial charge in [-0.25, -0.2) is 4.79 Å². The third-order valence-electron chi connectivity index (χ3n) is 6.86. The van der Waals surface area contributed by atoms with Gasteiger partial charge in [0.15, 0.2) is 0 Å². The highest BCUT2D eigenvalue weighted by atomic mass is 16.6. The molecule has 25 heavy (non-hydrogen) atoms. The van der Waals surface area contributed by atoms with Gasteiger partial charge in [-0.15, -0.1) is 0 Å². The van der Waals surface area contributed by atoms with Crippen molar-refractivity contribution in [2.24, 2.45) is 23.2 Å². The molecule has 5 heteroatoms. The number of rotatable bonds is 2. The minimum Gasteiger partial charge on any atom is -0.459 e. The van der Waals surface area contributed by atoms with Gasteiger partial charge >= 0.3 is 11.9 Å². The predicted molar refractivity (Wildman–Crippen MR) is 92.2 cm³/mol. The summed E-state index contributed by atoms with van der Waals surface area (Å²) in [5, 5.41) is 11.2. The Hall–Kier alpha value is -1.62. The summed E-state index contributed by atoms with van der Waals surface area (Å²) in [7, 11) is 0. The number of hydrogen-bond acceptors (Lipinski definition) is 5. The van der Waals surface area contributed by atoms with Gasteiger partial charge in [0.1, 0.15) is 11.9 Å². The molecule has 1 N–H and O–H groups in total. The number of aliphatic hydroxyl groups excluding tert-OH is 1. The number of carbonyl (C=O) groups excluding carboxylic acids is 2. The van der Waals surface area contributed by atoms with E-state index in [-0.39, 0.29) is 29.9 Å². The summed E-state index contributed by atoms with van der Waals surface area (Å²) in [6.07, 6.45) is 2.90. The Morgan fingerprint density at radius 2 is 2.04 bits per heavy atom. The van der Waals surface area contributed by atoms with E-state index in [9.17, 15) is 14.7 Å². The molecule has 0 amide bonds. The second-order valence-corrected chi connectivity index (χ2v) is 7.99. The maximum absolute atomic E-state index is 12.3. The summed E-state index contributed by atoms with van der Waals surface area (Å²) in [5.74, 6) is -0.208. The molecule has 3 aliphatic rings. The highest BCUT2D eigenvalue weighted by Crippen LogP contribution is 2.57. The Kier molecular flexibility index (Phi) is 4.56. The minimum atomic E-state index is -0.748. The highest BCUT2D eigenvalue weighted by Gasteiger charge is 2.59. The lowest BCUT2D eigenvalue weighted by Crippen LogP contribution is -2.56. The van der Waals surface area contributed by atoms with Crippen LogP contribution in [0.25, 0.3) is 0 Å². The van der Waals surface area contributed by atoms with E-state index >= 15 is 0 Å². The highest BCUT2D eigenvalue weighted by molar-refractivity contribution is 5.87. The van der Waals surface area contributed by atoms with Crippen molar-refractivity contribution in [3.8, 4) is 0 Å². The molecule has 0 radical (unpaired) electrons. The van der Waals surface area contributed by atoms with Crippen LogP contribution in [0.2, 0.25) is 0 Å². The molecule has 6 atom stereocenters. The van der Waals surface area contributed by atoms with E-state index < -0.39 is 17.4 Å². The minimum absolute atomic E-state index is 0.0586. The molecule has 1 fully saturated rings. The van der Waals surface area contributed by atoms with Gasteiger partial charge in [-0.2, -0.15) is 0 Å². The van der Waals surface area contributed by atoms with Gasteiger partial charge in [0.25, 0.3) is 0 Å². The van der Waals surface area contributed by atoms with Crippen molar-refractivity contribution >= 4 is 11.9 Å². The summed E-state index contributed by atoms with van der Waals surface area (Å²) in [4.78, 5) is 24.3. The number of esters is 2. The Balaban J connectivity index is 1.95. The fraction of sp³-hybridized carbons (Fsp3) is 0.700. The second-order valence-electron chi connectivity index (χ2n) is 7.99. The first-order chi connectivity index (χ1) is 11.7. The molecule has 0 aromatic heterocycles. The summed E-state index contributed by atoms with van der Waals surface area (Å²) >= 11 is 0. The first-order valence-corrected chi connectivity index (χ1v) is 9.18. The maximum Gasteiger partial charge on any atom is 0.333 e. The van der Waals surface area contributed by atoms with Crippen molar-refractivity contribution in [3.05, 3.63) is 23.0 Å². The van der Waals surface area contributed by atoms with Gasteiger partial charge in [0.05, 0.1) is 12.0 Å². The quantitative estimate of drug-likeness (QED) is 0.613. The van der Waals surface area contributed by atoms with E-state index in [1.807, 2.05) is 6.92 Å². The van der Waals surface area contributed by atoms with Crippen LogP contribution in [-0.2, 0) is 19.1 Å². The molecule has 1 saturated carbocycles. The zero-order valence-electron chi connectivity index (χ0n) is 15.7. The summed E-state index contributed by atoms with van der Waals surface area (Å²) in [5.41, 5.74) is 0.874. The molecule has 1 heterocycles. The third kappa shape index (κ3) is 2.64. The monoisotopic (exact) mass is 348 g/mol. The fourth-order valence-electron chi connectivity index (χ4n) is 4.73. The lowest BCUT2D eigenvalue weighted by molar-refractivity contribution is -0.166. The van der Waals surface area contributed by atoms with Crippen LogP contribution in [0.3, 0.4) is 0 Å². The molecular formula is C20H28O5. The van der Waals surface area contributed by atoms with Gasteiger partial charge in [0.2, 0.25) is 0 Å². The Labute approximate surface area is 149 Å². The molecule has 1 aliphatic heterocycles. The first kappa shape index (κ1) is 18.2. The van der Waals surface area contributed by atoms with Gasteiger partial charge in [-0.05, 0) is 39.5 Å². The molecular weight excluding hydrogens is 320 g/mol. The SMILES string of the molecule is C/C=C(/C)C(=O)O[C@@H]1CC[C@H](C)[C@@]2(C)[C@H](O)C3=C(C[C@@H]12)OC(=O)[C@@H]3C. The number of hydrogen-bond donors (Lipinski definition) is 1. The Morgan fingerprint density at radius 1 is 1.36 bits per heavy atom. The zero-order chi connectivity index (χ0) is 18.5. The van der Waals surface area contributed by atoms with Gasteiger partial charge in [0, 0.05) is 28.9 Å². The number of ether oxygens (including phenoxy) is 2. The normalized spacial score (nSPS) is 41.1. The van der Waals surface area contributed by atoms with Crippen LogP contribution in [0.15, 0.2) is 23.0 Å². The van der Waals surface area contributed by atoms with Gasteiger partial charge in [-0.1, -0.05) is 19.9 Å².